The van der Waals surface area contributed by atoms with E-state index in [1.807, 2.05) is 19.1 Å². The van der Waals surface area contributed by atoms with Gasteiger partial charge >= 0.3 is 5.97 Å². The summed E-state index contributed by atoms with van der Waals surface area (Å²) in [5, 5.41) is 2.66. The lowest BCUT2D eigenvalue weighted by Gasteiger charge is -2.07. The lowest BCUT2D eigenvalue weighted by Crippen LogP contribution is -2.14. The molecule has 5 nitrogen and oxygen atoms in total. The third-order valence-electron chi connectivity index (χ3n) is 2.79. The average molecular weight is 284 g/mol. The Morgan fingerprint density at radius 1 is 1.19 bits per heavy atom. The lowest BCUT2D eigenvalue weighted by molar-refractivity contribution is 0.0526. The van der Waals surface area contributed by atoms with E-state index in [2.05, 4.69) is 10.3 Å². The Kier molecular flexibility index (Phi) is 4.66. The van der Waals surface area contributed by atoms with Crippen LogP contribution in [0.15, 0.2) is 42.6 Å². The molecular weight excluding hydrogens is 268 g/mol. The number of ether oxygens (including phenoxy) is 1. The van der Waals surface area contributed by atoms with Crippen molar-refractivity contribution < 1.29 is 14.3 Å². The number of nitrogens with one attached hydrogen (secondary N) is 1. The van der Waals surface area contributed by atoms with Crippen molar-refractivity contribution in [2.45, 2.75) is 13.8 Å². The molecule has 1 aromatic carbocycles. The van der Waals surface area contributed by atoms with E-state index >= 15 is 0 Å². The topological polar surface area (TPSA) is 68.3 Å². The zero-order valence-electron chi connectivity index (χ0n) is 11.9. The average Bonchev–Trinajstić information content (AvgIpc) is 2.48. The van der Waals surface area contributed by atoms with Gasteiger partial charge in [0.2, 0.25) is 0 Å². The predicted molar refractivity (Wildman–Crippen MR) is 79.3 cm³/mol. The molecule has 0 bridgehead atoms. The van der Waals surface area contributed by atoms with Crippen LogP contribution in [0, 0.1) is 6.92 Å². The van der Waals surface area contributed by atoms with E-state index in [4.69, 9.17) is 4.74 Å². The summed E-state index contributed by atoms with van der Waals surface area (Å²) in [4.78, 5) is 27.8. The molecule has 1 heterocycles. The predicted octanol–water partition coefficient (Wildman–Crippen LogP) is 2.82. The molecule has 0 fully saturated rings. The van der Waals surface area contributed by atoms with Crippen molar-refractivity contribution in [1.29, 1.82) is 0 Å². The van der Waals surface area contributed by atoms with Gasteiger partial charge in [0.15, 0.2) is 0 Å². The van der Waals surface area contributed by atoms with Crippen LogP contribution < -0.4 is 5.32 Å². The summed E-state index contributed by atoms with van der Waals surface area (Å²) in [6, 6.07) is 10.3. The molecule has 2 rings (SSSR count). The number of aryl methyl sites for hydroxylation is 1. The van der Waals surface area contributed by atoms with Crippen molar-refractivity contribution in [2.24, 2.45) is 0 Å². The Bertz CT molecular complexity index is 668. The van der Waals surface area contributed by atoms with Crippen molar-refractivity contribution in [2.75, 3.05) is 11.9 Å². The molecule has 0 spiro atoms. The van der Waals surface area contributed by atoms with E-state index in [-0.39, 0.29) is 5.91 Å². The number of esters is 1. The van der Waals surface area contributed by atoms with E-state index in [9.17, 15) is 9.59 Å². The summed E-state index contributed by atoms with van der Waals surface area (Å²) in [5.74, 6) is -0.398. The minimum Gasteiger partial charge on any atom is -0.462 e. The van der Waals surface area contributed by atoms with Crippen LogP contribution in [0.2, 0.25) is 0 Å². The van der Waals surface area contributed by atoms with Crippen LogP contribution >= 0.6 is 0 Å². The maximum absolute atomic E-state index is 12.1. The molecule has 0 atom stereocenters. The zero-order valence-corrected chi connectivity index (χ0v) is 11.9. The second-order valence-electron chi connectivity index (χ2n) is 4.47. The van der Waals surface area contributed by atoms with Crippen molar-refractivity contribution in [1.82, 2.24) is 4.98 Å². The number of carbonyl (C=O) groups excluding carboxylic acids is 2. The van der Waals surface area contributed by atoms with Crippen LogP contribution in [-0.2, 0) is 4.74 Å². The van der Waals surface area contributed by atoms with Crippen molar-refractivity contribution in [3.63, 3.8) is 0 Å². The van der Waals surface area contributed by atoms with Crippen LogP contribution in [0.4, 0.5) is 5.82 Å². The van der Waals surface area contributed by atoms with E-state index in [0.717, 1.165) is 5.56 Å². The summed E-state index contributed by atoms with van der Waals surface area (Å²) in [5.41, 5.74) is 1.89. The molecule has 0 radical (unpaired) electrons. The first-order chi connectivity index (χ1) is 10.1. The molecule has 2 aromatic rings. The largest absolute Gasteiger partial charge is 0.462 e. The summed E-state index contributed by atoms with van der Waals surface area (Å²) < 4.78 is 4.91. The molecule has 0 aliphatic carbocycles. The molecule has 1 amide bonds. The van der Waals surface area contributed by atoms with Gasteiger partial charge < -0.3 is 10.1 Å². The number of aromatic nitrogens is 1. The fraction of sp³-hybridized carbons (Fsp3) is 0.188. The molecule has 5 heteroatoms. The number of pyridine rings is 1. The van der Waals surface area contributed by atoms with Gasteiger partial charge in [-0.3, -0.25) is 4.79 Å². The number of nitrogens with zero attached hydrogens (tertiary/aromatic N) is 1. The maximum Gasteiger partial charge on any atom is 0.338 e. The van der Waals surface area contributed by atoms with Gasteiger partial charge in [0.25, 0.3) is 5.91 Å². The molecule has 1 N–H and O–H groups in total. The second-order valence-corrected chi connectivity index (χ2v) is 4.47. The van der Waals surface area contributed by atoms with Crippen LogP contribution in [0.25, 0.3) is 0 Å². The molecule has 0 aliphatic heterocycles. The van der Waals surface area contributed by atoms with Gasteiger partial charge in [-0.2, -0.15) is 0 Å². The fourth-order valence-corrected chi connectivity index (χ4v) is 1.82. The first kappa shape index (κ1) is 14.7. The number of hydrogen-bond acceptors (Lipinski definition) is 4. The molecule has 0 saturated heterocycles. The third kappa shape index (κ3) is 3.89. The van der Waals surface area contributed by atoms with Crippen molar-refractivity contribution >= 4 is 17.7 Å². The number of rotatable bonds is 4. The van der Waals surface area contributed by atoms with Gasteiger partial charge in [-0.1, -0.05) is 17.7 Å². The van der Waals surface area contributed by atoms with Gasteiger partial charge in [0, 0.05) is 11.8 Å². The van der Waals surface area contributed by atoms with Crippen LogP contribution in [0.5, 0.6) is 0 Å². The Morgan fingerprint density at radius 2 is 2.00 bits per heavy atom. The summed E-state index contributed by atoms with van der Waals surface area (Å²) in [6.45, 7) is 3.95. The third-order valence-corrected chi connectivity index (χ3v) is 2.79. The van der Waals surface area contributed by atoms with Crippen molar-refractivity contribution in [3.05, 3.63) is 59.3 Å². The normalized spacial score (nSPS) is 10.0. The molecule has 0 aliphatic rings. The smallest absolute Gasteiger partial charge is 0.338 e. The maximum atomic E-state index is 12.1. The second kappa shape index (κ2) is 6.65. The fourth-order valence-electron chi connectivity index (χ4n) is 1.82. The zero-order chi connectivity index (χ0) is 15.2. The lowest BCUT2D eigenvalue weighted by atomic mass is 10.1. The van der Waals surface area contributed by atoms with Crippen LogP contribution in [0.1, 0.15) is 33.2 Å². The number of carbonyl (C=O) groups is 2. The van der Waals surface area contributed by atoms with E-state index in [1.165, 1.54) is 12.3 Å². The minimum absolute atomic E-state index is 0.271. The number of amides is 1. The standard InChI is InChI=1S/C16H16N2O3/c1-3-21-16(20)13-7-8-17-14(10-13)18-15(19)12-6-4-5-11(2)9-12/h4-10H,3H2,1-2H3,(H,17,18,19). The van der Waals surface area contributed by atoms with Gasteiger partial charge in [-0.15, -0.1) is 0 Å². The van der Waals surface area contributed by atoms with E-state index in [0.29, 0.717) is 23.6 Å². The highest BCUT2D eigenvalue weighted by atomic mass is 16.5. The highest BCUT2D eigenvalue weighted by Crippen LogP contribution is 2.11. The van der Waals surface area contributed by atoms with E-state index in [1.54, 1.807) is 25.1 Å². The summed E-state index contributed by atoms with van der Waals surface area (Å²) in [7, 11) is 0. The van der Waals surface area contributed by atoms with Gasteiger partial charge in [-0.05, 0) is 38.1 Å². The summed E-state index contributed by atoms with van der Waals surface area (Å²) in [6.07, 6.45) is 1.46. The number of benzene rings is 1. The number of anilines is 1. The van der Waals surface area contributed by atoms with Gasteiger partial charge in [-0.25, -0.2) is 9.78 Å². The number of hydrogen-bond donors (Lipinski definition) is 1. The Hall–Kier alpha value is -2.69. The highest BCUT2D eigenvalue weighted by molar-refractivity contribution is 6.04. The van der Waals surface area contributed by atoms with Gasteiger partial charge in [0.05, 0.1) is 12.2 Å². The molecular formula is C16H16N2O3. The minimum atomic E-state index is -0.439. The Morgan fingerprint density at radius 3 is 2.71 bits per heavy atom. The first-order valence-corrected chi connectivity index (χ1v) is 6.61. The monoisotopic (exact) mass is 284 g/mol. The molecule has 0 saturated carbocycles. The molecule has 108 valence electrons. The molecule has 1 aromatic heterocycles. The van der Waals surface area contributed by atoms with E-state index < -0.39 is 5.97 Å². The van der Waals surface area contributed by atoms with Crippen molar-refractivity contribution in [3.8, 4) is 0 Å². The SMILES string of the molecule is CCOC(=O)c1ccnc(NC(=O)c2cccc(C)c2)c1. The Labute approximate surface area is 123 Å². The molecule has 0 unspecified atom stereocenters. The van der Waals surface area contributed by atoms with Crippen LogP contribution in [-0.4, -0.2) is 23.5 Å². The van der Waals surface area contributed by atoms with Gasteiger partial charge in [0.1, 0.15) is 5.82 Å². The highest BCUT2D eigenvalue weighted by Gasteiger charge is 2.10. The summed E-state index contributed by atoms with van der Waals surface area (Å²) >= 11 is 0. The first-order valence-electron chi connectivity index (χ1n) is 6.61. The quantitative estimate of drug-likeness (QED) is 0.877. The Balaban J connectivity index is 2.14. The van der Waals surface area contributed by atoms with Crippen LogP contribution in [0.3, 0.4) is 0 Å². The molecule has 21 heavy (non-hydrogen) atoms.